The molecule has 7 heteroatoms. The molecule has 0 bridgehead atoms. The van der Waals surface area contributed by atoms with Crippen LogP contribution in [0.3, 0.4) is 0 Å². The normalized spacial score (nSPS) is 14.9. The summed E-state index contributed by atoms with van der Waals surface area (Å²) in [6.07, 6.45) is 6.89. The van der Waals surface area contributed by atoms with E-state index in [1.54, 1.807) is 6.08 Å². The predicted octanol–water partition coefficient (Wildman–Crippen LogP) is 2.07. The third-order valence-electron chi connectivity index (χ3n) is 3.24. The zero-order chi connectivity index (χ0) is 15.8. The Morgan fingerprint density at radius 1 is 1.32 bits per heavy atom. The lowest BCUT2D eigenvalue weighted by atomic mass is 10.2. The Morgan fingerprint density at radius 2 is 2.09 bits per heavy atom. The SMILES string of the molecule is O=C(COC(=O)/C=C/c1ccsc1)NC(=O)NC1CCCC1. The summed E-state index contributed by atoms with van der Waals surface area (Å²) in [4.78, 5) is 34.5. The van der Waals surface area contributed by atoms with E-state index >= 15 is 0 Å². The maximum Gasteiger partial charge on any atom is 0.331 e. The van der Waals surface area contributed by atoms with Gasteiger partial charge in [0.25, 0.3) is 5.91 Å². The Kier molecular flexibility index (Phi) is 6.14. The van der Waals surface area contributed by atoms with Crippen LogP contribution >= 0.6 is 11.3 Å². The molecule has 1 fully saturated rings. The van der Waals surface area contributed by atoms with Crippen molar-refractivity contribution in [2.75, 3.05) is 6.61 Å². The van der Waals surface area contributed by atoms with E-state index in [0.717, 1.165) is 31.2 Å². The molecule has 2 rings (SSSR count). The van der Waals surface area contributed by atoms with Gasteiger partial charge < -0.3 is 10.1 Å². The van der Waals surface area contributed by atoms with Crippen molar-refractivity contribution in [3.05, 3.63) is 28.5 Å². The molecule has 6 nitrogen and oxygen atoms in total. The third kappa shape index (κ3) is 5.69. The summed E-state index contributed by atoms with van der Waals surface area (Å²) in [5, 5.41) is 8.63. The van der Waals surface area contributed by atoms with Crippen LogP contribution in [0.1, 0.15) is 31.2 Å². The van der Waals surface area contributed by atoms with Crippen molar-refractivity contribution >= 4 is 35.3 Å². The second kappa shape index (κ2) is 8.33. The molecular formula is C15H18N2O4S. The van der Waals surface area contributed by atoms with Crippen molar-refractivity contribution in [2.45, 2.75) is 31.7 Å². The molecular weight excluding hydrogens is 304 g/mol. The Bertz CT molecular complexity index is 548. The number of thiophene rings is 1. The highest BCUT2D eigenvalue weighted by molar-refractivity contribution is 7.08. The number of ether oxygens (including phenoxy) is 1. The molecule has 1 saturated carbocycles. The fourth-order valence-electron chi connectivity index (χ4n) is 2.17. The van der Waals surface area contributed by atoms with E-state index in [-0.39, 0.29) is 6.04 Å². The molecule has 0 spiro atoms. The predicted molar refractivity (Wildman–Crippen MR) is 83.2 cm³/mol. The molecule has 0 radical (unpaired) electrons. The first-order valence-electron chi connectivity index (χ1n) is 7.11. The molecule has 0 atom stereocenters. The van der Waals surface area contributed by atoms with Crippen LogP contribution in [0.2, 0.25) is 0 Å². The molecule has 3 amide bonds. The van der Waals surface area contributed by atoms with Gasteiger partial charge in [-0.3, -0.25) is 10.1 Å². The fourth-order valence-corrected chi connectivity index (χ4v) is 2.80. The fraction of sp³-hybridized carbons (Fsp3) is 0.400. The minimum atomic E-state index is -0.646. The first-order valence-corrected chi connectivity index (χ1v) is 8.05. The van der Waals surface area contributed by atoms with Gasteiger partial charge in [0.1, 0.15) is 0 Å². The van der Waals surface area contributed by atoms with Crippen LogP contribution in [0.5, 0.6) is 0 Å². The highest BCUT2D eigenvalue weighted by Crippen LogP contribution is 2.17. The quantitative estimate of drug-likeness (QED) is 0.642. The van der Waals surface area contributed by atoms with E-state index in [1.807, 2.05) is 16.8 Å². The van der Waals surface area contributed by atoms with Gasteiger partial charge >= 0.3 is 12.0 Å². The van der Waals surface area contributed by atoms with Gasteiger partial charge in [-0.05, 0) is 41.3 Å². The van der Waals surface area contributed by atoms with Gasteiger partial charge in [0.15, 0.2) is 6.61 Å². The van der Waals surface area contributed by atoms with Gasteiger partial charge in [0.2, 0.25) is 0 Å². The van der Waals surface area contributed by atoms with E-state index < -0.39 is 24.5 Å². The Hall–Kier alpha value is -2.15. The number of hydrogen-bond donors (Lipinski definition) is 2. The van der Waals surface area contributed by atoms with E-state index in [4.69, 9.17) is 4.74 Å². The van der Waals surface area contributed by atoms with Gasteiger partial charge in [-0.15, -0.1) is 0 Å². The lowest BCUT2D eigenvalue weighted by molar-refractivity contribution is -0.143. The molecule has 0 saturated heterocycles. The number of esters is 1. The topological polar surface area (TPSA) is 84.5 Å². The highest BCUT2D eigenvalue weighted by atomic mass is 32.1. The summed E-state index contributed by atoms with van der Waals surface area (Å²) >= 11 is 1.52. The average molecular weight is 322 g/mol. The second-order valence-electron chi connectivity index (χ2n) is 5.00. The molecule has 1 aromatic heterocycles. The number of amides is 3. The van der Waals surface area contributed by atoms with Crippen molar-refractivity contribution in [3.63, 3.8) is 0 Å². The number of rotatable bonds is 5. The van der Waals surface area contributed by atoms with Crippen molar-refractivity contribution in [2.24, 2.45) is 0 Å². The molecule has 1 aromatic rings. The van der Waals surface area contributed by atoms with Crippen molar-refractivity contribution in [1.29, 1.82) is 0 Å². The number of carbonyl (C=O) groups is 3. The summed E-state index contributed by atoms with van der Waals surface area (Å²) in [6, 6.07) is 1.44. The summed E-state index contributed by atoms with van der Waals surface area (Å²) in [7, 11) is 0. The third-order valence-corrected chi connectivity index (χ3v) is 3.95. The van der Waals surface area contributed by atoms with Crippen LogP contribution in [0.4, 0.5) is 4.79 Å². The molecule has 118 valence electrons. The van der Waals surface area contributed by atoms with E-state index in [2.05, 4.69) is 10.6 Å². The van der Waals surface area contributed by atoms with Crippen LogP contribution in [-0.4, -0.2) is 30.6 Å². The molecule has 0 aromatic carbocycles. The zero-order valence-electron chi connectivity index (χ0n) is 12.0. The lowest BCUT2D eigenvalue weighted by Gasteiger charge is -2.12. The molecule has 1 heterocycles. The summed E-state index contributed by atoms with van der Waals surface area (Å²) < 4.78 is 4.76. The van der Waals surface area contributed by atoms with Crippen LogP contribution in [0.25, 0.3) is 6.08 Å². The smallest absolute Gasteiger partial charge is 0.331 e. The first kappa shape index (κ1) is 16.2. The molecule has 1 aliphatic carbocycles. The maximum absolute atomic E-state index is 11.5. The molecule has 0 unspecified atom stereocenters. The Labute approximate surface area is 132 Å². The van der Waals surface area contributed by atoms with Crippen LogP contribution in [0.15, 0.2) is 22.9 Å². The standard InChI is InChI=1S/C15H18N2O4S/c18-13(17-15(20)16-12-3-1-2-4-12)9-21-14(19)6-5-11-7-8-22-10-11/h5-8,10,12H,1-4,9H2,(H2,16,17,18,20)/b6-5+. The summed E-state index contributed by atoms with van der Waals surface area (Å²) in [5.41, 5.74) is 0.891. The number of carbonyl (C=O) groups excluding carboxylic acids is 3. The van der Waals surface area contributed by atoms with Gasteiger partial charge in [0.05, 0.1) is 0 Å². The van der Waals surface area contributed by atoms with E-state index in [1.165, 1.54) is 17.4 Å². The average Bonchev–Trinajstić information content (AvgIpc) is 3.15. The Balaban J connectivity index is 1.64. The van der Waals surface area contributed by atoms with Gasteiger partial charge in [0, 0.05) is 12.1 Å². The van der Waals surface area contributed by atoms with Crippen molar-refractivity contribution < 1.29 is 19.1 Å². The van der Waals surface area contributed by atoms with Crippen LogP contribution in [0, 0.1) is 0 Å². The van der Waals surface area contributed by atoms with E-state index in [9.17, 15) is 14.4 Å². The minimum absolute atomic E-state index is 0.129. The largest absolute Gasteiger partial charge is 0.452 e. The minimum Gasteiger partial charge on any atom is -0.452 e. The molecule has 2 N–H and O–H groups in total. The first-order chi connectivity index (χ1) is 10.6. The monoisotopic (exact) mass is 322 g/mol. The van der Waals surface area contributed by atoms with Crippen LogP contribution in [-0.2, 0) is 14.3 Å². The molecule has 0 aliphatic heterocycles. The van der Waals surface area contributed by atoms with Gasteiger partial charge in [-0.25, -0.2) is 9.59 Å². The lowest BCUT2D eigenvalue weighted by Crippen LogP contribution is -2.44. The van der Waals surface area contributed by atoms with Gasteiger partial charge in [-0.2, -0.15) is 11.3 Å². The summed E-state index contributed by atoms with van der Waals surface area (Å²) in [6.45, 7) is -0.481. The van der Waals surface area contributed by atoms with Crippen LogP contribution < -0.4 is 10.6 Å². The summed E-state index contributed by atoms with van der Waals surface area (Å²) in [5.74, 6) is -1.27. The number of nitrogens with one attached hydrogen (secondary N) is 2. The van der Waals surface area contributed by atoms with E-state index in [0.29, 0.717) is 0 Å². The number of imide groups is 1. The maximum atomic E-state index is 11.5. The molecule has 1 aliphatic rings. The van der Waals surface area contributed by atoms with Crippen molar-refractivity contribution in [3.8, 4) is 0 Å². The van der Waals surface area contributed by atoms with Gasteiger partial charge in [-0.1, -0.05) is 12.8 Å². The zero-order valence-corrected chi connectivity index (χ0v) is 12.9. The molecule has 22 heavy (non-hydrogen) atoms. The highest BCUT2D eigenvalue weighted by Gasteiger charge is 2.18. The van der Waals surface area contributed by atoms with Crippen molar-refractivity contribution in [1.82, 2.24) is 10.6 Å². The number of urea groups is 1. The Morgan fingerprint density at radius 3 is 2.77 bits per heavy atom. The second-order valence-corrected chi connectivity index (χ2v) is 5.78. The number of hydrogen-bond acceptors (Lipinski definition) is 5.